The second kappa shape index (κ2) is 12.7. The summed E-state index contributed by atoms with van der Waals surface area (Å²) < 4.78 is 68.8. The molecule has 3 heterocycles. The van der Waals surface area contributed by atoms with E-state index in [1.165, 1.54) is 40.0 Å². The van der Waals surface area contributed by atoms with E-state index in [1.54, 1.807) is 11.8 Å². The molecular weight excluding hydrogens is 660 g/mol. The lowest BCUT2D eigenvalue weighted by Gasteiger charge is -2.30. The van der Waals surface area contributed by atoms with Crippen LogP contribution in [0.5, 0.6) is 5.75 Å². The number of thiocarbonyl (C=S) groups is 1. The number of benzene rings is 3. The zero-order valence-electron chi connectivity index (χ0n) is 25.1. The molecule has 8 nitrogen and oxygen atoms in total. The van der Waals surface area contributed by atoms with E-state index in [9.17, 15) is 22.0 Å². The molecule has 3 aromatic carbocycles. The molecule has 47 heavy (non-hydrogen) atoms. The zero-order valence-corrected chi connectivity index (χ0v) is 26.8. The molecule has 4 aromatic rings. The van der Waals surface area contributed by atoms with Gasteiger partial charge in [0, 0.05) is 22.9 Å². The number of nitrogens with zero attached hydrogens (tertiary/aromatic N) is 5. The van der Waals surface area contributed by atoms with E-state index in [-0.39, 0.29) is 11.2 Å². The highest BCUT2D eigenvalue weighted by atomic mass is 32.2. The van der Waals surface area contributed by atoms with Gasteiger partial charge in [0.25, 0.3) is 0 Å². The van der Waals surface area contributed by atoms with Gasteiger partial charge < -0.3 is 4.74 Å². The number of alkyl halides is 5. The van der Waals surface area contributed by atoms with Gasteiger partial charge in [-0.3, -0.25) is 9.74 Å². The van der Waals surface area contributed by atoms with Gasteiger partial charge in [-0.2, -0.15) is 26.9 Å². The van der Waals surface area contributed by atoms with Crippen molar-refractivity contribution in [2.24, 2.45) is 4.99 Å². The quantitative estimate of drug-likeness (QED) is 0.118. The average Bonchev–Trinajstić information content (AvgIpc) is 3.67. The van der Waals surface area contributed by atoms with Crippen LogP contribution in [0.25, 0.3) is 17.1 Å². The molecule has 1 saturated heterocycles. The Kier molecular flexibility index (Phi) is 8.80. The fourth-order valence-corrected chi connectivity index (χ4v) is 6.27. The maximum atomic E-state index is 13.2. The Hall–Kier alpha value is -4.34. The van der Waals surface area contributed by atoms with Gasteiger partial charge in [-0.05, 0) is 73.1 Å². The van der Waals surface area contributed by atoms with E-state index in [2.05, 4.69) is 68.3 Å². The van der Waals surface area contributed by atoms with E-state index >= 15 is 0 Å². The summed E-state index contributed by atoms with van der Waals surface area (Å²) >= 11 is 7.11. The molecule has 0 bridgehead atoms. The van der Waals surface area contributed by atoms with Crippen molar-refractivity contribution in [3.63, 3.8) is 0 Å². The number of aryl methyl sites for hydroxylation is 1. The highest BCUT2D eigenvalue weighted by Gasteiger charge is 2.61. The van der Waals surface area contributed by atoms with Crippen molar-refractivity contribution >= 4 is 39.9 Å². The van der Waals surface area contributed by atoms with E-state index in [0.717, 1.165) is 34.3 Å². The van der Waals surface area contributed by atoms with Gasteiger partial charge in [0.2, 0.25) is 5.11 Å². The van der Waals surface area contributed by atoms with Crippen LogP contribution in [0, 0.1) is 6.92 Å². The topological polar surface area (TPSA) is 76.8 Å². The monoisotopic (exact) mass is 686 g/mol. The van der Waals surface area contributed by atoms with Crippen molar-refractivity contribution in [2.75, 3.05) is 10.7 Å². The van der Waals surface area contributed by atoms with Gasteiger partial charge in [-0.15, -0.1) is 5.10 Å². The minimum absolute atomic E-state index is 0.202. The van der Waals surface area contributed by atoms with Crippen LogP contribution in [0.3, 0.4) is 0 Å². The minimum atomic E-state index is -5.83. The van der Waals surface area contributed by atoms with Crippen LogP contribution in [0.15, 0.2) is 89.8 Å². The molecule has 15 heteroatoms. The molecule has 0 spiro atoms. The summed E-state index contributed by atoms with van der Waals surface area (Å²) in [5.74, 6) is 0.853. The summed E-state index contributed by atoms with van der Waals surface area (Å²) in [6, 6.07) is 18.3. The molecule has 1 fully saturated rings. The third kappa shape index (κ3) is 6.87. The molecule has 2 atom stereocenters. The van der Waals surface area contributed by atoms with Crippen molar-refractivity contribution in [2.45, 2.75) is 45.1 Å². The van der Waals surface area contributed by atoms with E-state index < -0.39 is 18.0 Å². The highest BCUT2D eigenvalue weighted by Crippen LogP contribution is 2.43. The summed E-state index contributed by atoms with van der Waals surface area (Å²) in [6.07, 6.45) is -7.87. The van der Waals surface area contributed by atoms with Gasteiger partial charge >= 0.3 is 12.3 Å². The van der Waals surface area contributed by atoms with Crippen LogP contribution in [0.2, 0.25) is 0 Å². The molecule has 2 aliphatic heterocycles. The summed E-state index contributed by atoms with van der Waals surface area (Å²) in [7, 11) is 0. The molecule has 0 aliphatic carbocycles. The molecule has 2 aliphatic rings. The van der Waals surface area contributed by atoms with Crippen molar-refractivity contribution in [3.05, 3.63) is 102 Å². The number of aromatic nitrogens is 3. The van der Waals surface area contributed by atoms with E-state index in [0.29, 0.717) is 23.0 Å². The summed E-state index contributed by atoms with van der Waals surface area (Å²) in [5.41, 5.74) is 9.43. The lowest BCUT2D eigenvalue weighted by Crippen LogP contribution is -2.41. The van der Waals surface area contributed by atoms with Gasteiger partial charge in [0.15, 0.2) is 11.0 Å². The van der Waals surface area contributed by atoms with Crippen molar-refractivity contribution in [1.82, 2.24) is 20.2 Å². The molecular formula is C32H27F5N6O2S2. The number of rotatable bonds is 7. The molecule has 0 radical (unpaired) electrons. The fraction of sp³-hybridized carbons (Fsp3) is 0.250. The third-order valence-electron chi connectivity index (χ3n) is 7.52. The minimum Gasteiger partial charge on any atom is -0.426 e. The van der Waals surface area contributed by atoms with Crippen LogP contribution in [0.4, 0.5) is 27.6 Å². The Labute approximate surface area is 276 Å². The first-order chi connectivity index (χ1) is 22.3. The maximum absolute atomic E-state index is 13.2. The van der Waals surface area contributed by atoms with Crippen LogP contribution >= 0.6 is 24.0 Å². The van der Waals surface area contributed by atoms with E-state index in [4.69, 9.17) is 17.1 Å². The summed E-state index contributed by atoms with van der Waals surface area (Å²) in [4.78, 5) is 16.9. The molecule has 2 unspecified atom stereocenters. The van der Waals surface area contributed by atoms with Gasteiger partial charge in [-0.1, -0.05) is 61.2 Å². The Morgan fingerprint density at radius 1 is 1.06 bits per heavy atom. The SMILES string of the molecule is Cc1ccc2c(c1)N1C(=CC2C)CS/C1=N\C(=S)NOC(C)c1ccc(-c2ncn(-c3ccc(OC(F)(F)C(F)(F)F)cc3)n2)cc1. The Morgan fingerprint density at radius 2 is 1.79 bits per heavy atom. The number of allylic oxidation sites excluding steroid dienone is 1. The van der Waals surface area contributed by atoms with Crippen LogP contribution < -0.4 is 15.1 Å². The molecule has 244 valence electrons. The second-order valence-electron chi connectivity index (χ2n) is 10.9. The average molecular weight is 687 g/mol. The largest absolute Gasteiger partial charge is 0.499 e. The van der Waals surface area contributed by atoms with Crippen LogP contribution in [0.1, 0.15) is 42.6 Å². The number of fused-ring (bicyclic) bond motifs is 3. The van der Waals surface area contributed by atoms with Crippen LogP contribution in [-0.2, 0) is 4.84 Å². The molecule has 0 amide bonds. The molecule has 1 aromatic heterocycles. The fourth-order valence-electron chi connectivity index (χ4n) is 5.08. The maximum Gasteiger partial charge on any atom is 0.499 e. The van der Waals surface area contributed by atoms with Gasteiger partial charge in [0.1, 0.15) is 18.2 Å². The Morgan fingerprint density at radius 3 is 2.49 bits per heavy atom. The number of amidine groups is 1. The van der Waals surface area contributed by atoms with E-state index in [1.807, 2.05) is 31.2 Å². The normalized spacial score (nSPS) is 17.6. The Balaban J connectivity index is 1.06. The molecule has 6 rings (SSSR count). The van der Waals surface area contributed by atoms with Crippen molar-refractivity contribution in [3.8, 4) is 22.8 Å². The van der Waals surface area contributed by atoms with Crippen LogP contribution in [-0.4, -0.2) is 43.1 Å². The number of ether oxygens (including phenoxy) is 1. The number of hydroxylamine groups is 1. The lowest BCUT2D eigenvalue weighted by molar-refractivity contribution is -0.360. The second-order valence-corrected chi connectivity index (χ2v) is 12.3. The number of anilines is 1. The van der Waals surface area contributed by atoms with Crippen molar-refractivity contribution in [1.29, 1.82) is 0 Å². The highest BCUT2D eigenvalue weighted by molar-refractivity contribution is 8.14. The summed E-state index contributed by atoms with van der Waals surface area (Å²) in [6.45, 7) is 6.12. The number of thioether (sulfide) groups is 1. The molecule has 0 saturated carbocycles. The smallest absolute Gasteiger partial charge is 0.426 e. The lowest BCUT2D eigenvalue weighted by atomic mass is 9.93. The number of hydrogen-bond donors (Lipinski definition) is 1. The standard InChI is InChI=1S/C32H27F5N6O2S2/c1-18-4-13-26-19(2)15-24-16-47-30(43(24)27(26)14-18)39-29(46)41-45-20(3)21-5-7-22(8-6-21)28-38-17-42(40-28)23-9-11-25(12-10-23)44-32(36,37)31(33,34)35/h4-15,17,19-20H,16H2,1-3H3,(H,41,46)/b39-30-. The number of nitrogens with one attached hydrogen (secondary N) is 1. The van der Waals surface area contributed by atoms with Gasteiger partial charge in [-0.25, -0.2) is 15.1 Å². The zero-order chi connectivity index (χ0) is 33.5. The number of hydrogen-bond acceptors (Lipinski definition) is 6. The predicted octanol–water partition coefficient (Wildman–Crippen LogP) is 8.25. The number of aliphatic imine (C=N–C) groups is 1. The van der Waals surface area contributed by atoms with Crippen molar-refractivity contribution < 1.29 is 31.5 Å². The third-order valence-corrected chi connectivity index (χ3v) is 8.66. The summed E-state index contributed by atoms with van der Waals surface area (Å²) in [5, 5.41) is 5.37. The number of halogens is 5. The first-order valence-corrected chi connectivity index (χ1v) is 15.7. The predicted molar refractivity (Wildman–Crippen MR) is 174 cm³/mol. The van der Waals surface area contributed by atoms with Gasteiger partial charge in [0.05, 0.1) is 11.4 Å². The molecule has 1 N–H and O–H groups in total. The Bertz CT molecular complexity index is 1860. The first kappa shape index (κ1) is 32.6. The first-order valence-electron chi connectivity index (χ1n) is 14.3.